The van der Waals surface area contributed by atoms with Crippen molar-refractivity contribution in [2.75, 3.05) is 4.90 Å². The summed E-state index contributed by atoms with van der Waals surface area (Å²) in [7, 11) is 0. The van der Waals surface area contributed by atoms with Crippen LogP contribution >= 0.6 is 22.7 Å². The van der Waals surface area contributed by atoms with E-state index in [0.29, 0.717) is 0 Å². The van der Waals surface area contributed by atoms with E-state index in [4.69, 9.17) is 0 Å². The Morgan fingerprint density at radius 1 is 0.333 bits per heavy atom. The minimum atomic E-state index is 1.12. The Hall–Kier alpha value is -6.85. The highest BCUT2D eigenvalue weighted by atomic mass is 32.1. The second-order valence-electron chi connectivity index (χ2n) is 14.8. The zero-order chi connectivity index (χ0) is 37.5. The van der Waals surface area contributed by atoms with E-state index in [1.807, 2.05) is 35.1 Å². The van der Waals surface area contributed by atoms with Crippen LogP contribution in [0.4, 0.5) is 17.1 Å². The second kappa shape index (κ2) is 12.9. The van der Waals surface area contributed by atoms with Crippen LogP contribution < -0.4 is 4.90 Å². The van der Waals surface area contributed by atoms with Gasteiger partial charge in [0.05, 0.1) is 0 Å². The van der Waals surface area contributed by atoms with E-state index in [9.17, 15) is 0 Å². The van der Waals surface area contributed by atoms with E-state index in [1.165, 1.54) is 89.5 Å². The molecule has 9 aromatic carbocycles. The normalized spacial score (nSPS) is 11.9. The van der Waals surface area contributed by atoms with Gasteiger partial charge in [-0.3, -0.25) is 4.98 Å². The standard InChI is InChI=1S/C53H32N2S2/c1-3-7-50-44(5-1)46-25-19-36-17-23-42(30-48(36)52(46)56-50)55(43-24-18-37-20-26-47-45-6-2-4-8-51(45)57-53(47)49(37)31-43)41-21-15-34(16-22-41)33-9-11-35(12-10-33)38-13-14-40-32-54-28-27-39(40)29-38/h1-32H. The molecule has 57 heavy (non-hydrogen) atoms. The zero-order valence-corrected chi connectivity index (χ0v) is 32.3. The Morgan fingerprint density at radius 2 is 0.807 bits per heavy atom. The summed E-state index contributed by atoms with van der Waals surface area (Å²) in [6.45, 7) is 0. The first-order valence-electron chi connectivity index (χ1n) is 19.2. The van der Waals surface area contributed by atoms with Crippen molar-refractivity contribution in [2.45, 2.75) is 0 Å². The highest BCUT2D eigenvalue weighted by molar-refractivity contribution is 7.27. The van der Waals surface area contributed by atoms with Crippen molar-refractivity contribution >= 4 is 112 Å². The summed E-state index contributed by atoms with van der Waals surface area (Å²) in [5, 5.41) is 12.7. The lowest BCUT2D eigenvalue weighted by molar-refractivity contribution is 1.30. The molecular formula is C53H32N2S2. The van der Waals surface area contributed by atoms with Gasteiger partial charge in [0.25, 0.3) is 0 Å². The van der Waals surface area contributed by atoms with Gasteiger partial charge in [-0.25, -0.2) is 0 Å². The molecule has 0 saturated carbocycles. The highest BCUT2D eigenvalue weighted by Crippen LogP contribution is 2.45. The van der Waals surface area contributed by atoms with Crippen molar-refractivity contribution in [3.8, 4) is 22.3 Å². The fraction of sp³-hybridized carbons (Fsp3) is 0. The van der Waals surface area contributed by atoms with Crippen molar-refractivity contribution < 1.29 is 0 Å². The molecule has 12 aromatic rings. The quantitative estimate of drug-likeness (QED) is 0.174. The molecule has 0 N–H and O–H groups in total. The molecule has 3 aromatic heterocycles. The Kier molecular flexibility index (Phi) is 7.31. The number of pyridine rings is 1. The molecule has 0 atom stereocenters. The summed E-state index contributed by atoms with van der Waals surface area (Å²) < 4.78 is 5.31. The minimum Gasteiger partial charge on any atom is -0.310 e. The molecule has 12 rings (SSSR count). The summed E-state index contributed by atoms with van der Waals surface area (Å²) in [5.74, 6) is 0. The average Bonchev–Trinajstić information content (AvgIpc) is 3.86. The van der Waals surface area contributed by atoms with Crippen LogP contribution in [0.1, 0.15) is 0 Å². The Balaban J connectivity index is 0.990. The molecule has 0 fully saturated rings. The summed E-state index contributed by atoms with van der Waals surface area (Å²) in [6, 6.07) is 67.2. The van der Waals surface area contributed by atoms with E-state index < -0.39 is 0 Å². The summed E-state index contributed by atoms with van der Waals surface area (Å²) in [6.07, 6.45) is 3.77. The minimum absolute atomic E-state index is 1.12. The second-order valence-corrected chi connectivity index (χ2v) is 16.9. The number of hydrogen-bond donors (Lipinski definition) is 0. The summed E-state index contributed by atoms with van der Waals surface area (Å²) in [5.41, 5.74) is 8.18. The number of thiophene rings is 2. The van der Waals surface area contributed by atoms with Crippen LogP contribution in [0.25, 0.3) is 94.9 Å². The van der Waals surface area contributed by atoms with Crippen LogP contribution in [-0.2, 0) is 0 Å². The van der Waals surface area contributed by atoms with Crippen LogP contribution in [-0.4, -0.2) is 4.98 Å². The summed E-state index contributed by atoms with van der Waals surface area (Å²) >= 11 is 3.78. The number of fused-ring (bicyclic) bond motifs is 11. The molecule has 4 heteroatoms. The molecule has 0 aliphatic heterocycles. The predicted octanol–water partition coefficient (Wildman–Crippen LogP) is 16.1. The maximum atomic E-state index is 4.27. The zero-order valence-electron chi connectivity index (χ0n) is 30.7. The molecule has 0 radical (unpaired) electrons. The molecule has 0 amide bonds. The maximum absolute atomic E-state index is 4.27. The van der Waals surface area contributed by atoms with E-state index in [1.54, 1.807) is 0 Å². The van der Waals surface area contributed by atoms with Gasteiger partial charge in [0.15, 0.2) is 0 Å². The third kappa shape index (κ3) is 5.33. The number of nitrogens with zero attached hydrogens (tertiary/aromatic N) is 2. The van der Waals surface area contributed by atoms with Gasteiger partial charge in [-0.15, -0.1) is 22.7 Å². The van der Waals surface area contributed by atoms with E-state index in [0.717, 1.165) is 22.4 Å². The lowest BCUT2D eigenvalue weighted by atomic mass is 9.98. The third-order valence-electron chi connectivity index (χ3n) is 11.5. The SMILES string of the molecule is c1ccc2c(c1)sc1c3cc(N(c4ccc(-c5ccc(-c6ccc7cnccc7c6)cc5)cc4)c4ccc5ccc6c7ccccc7sc6c5c4)ccc3ccc21. The van der Waals surface area contributed by atoms with Crippen molar-refractivity contribution in [3.05, 3.63) is 194 Å². The largest absolute Gasteiger partial charge is 0.310 e. The monoisotopic (exact) mass is 760 g/mol. The first-order valence-corrected chi connectivity index (χ1v) is 20.9. The molecule has 0 unspecified atom stereocenters. The lowest BCUT2D eigenvalue weighted by Crippen LogP contribution is -2.10. The predicted molar refractivity (Wildman–Crippen MR) is 248 cm³/mol. The Labute approximate surface area is 337 Å². The van der Waals surface area contributed by atoms with Gasteiger partial charge in [0.1, 0.15) is 0 Å². The van der Waals surface area contributed by atoms with Crippen LogP contribution in [0, 0.1) is 0 Å². The van der Waals surface area contributed by atoms with Crippen LogP contribution in [0.15, 0.2) is 194 Å². The van der Waals surface area contributed by atoms with Gasteiger partial charge < -0.3 is 4.90 Å². The lowest BCUT2D eigenvalue weighted by Gasteiger charge is -2.26. The molecule has 266 valence electrons. The topological polar surface area (TPSA) is 16.1 Å². The molecule has 0 spiro atoms. The van der Waals surface area contributed by atoms with Gasteiger partial charge in [-0.05, 0) is 99.1 Å². The first-order chi connectivity index (χ1) is 28.2. The molecule has 3 heterocycles. The van der Waals surface area contributed by atoms with Crippen molar-refractivity contribution in [1.29, 1.82) is 0 Å². The Morgan fingerprint density at radius 3 is 1.40 bits per heavy atom. The number of anilines is 3. The fourth-order valence-corrected chi connectivity index (χ4v) is 11.1. The number of benzene rings is 9. The molecule has 0 aliphatic rings. The van der Waals surface area contributed by atoms with Crippen molar-refractivity contribution in [2.24, 2.45) is 0 Å². The van der Waals surface area contributed by atoms with Crippen molar-refractivity contribution in [1.82, 2.24) is 4.98 Å². The number of aromatic nitrogens is 1. The summed E-state index contributed by atoms with van der Waals surface area (Å²) in [4.78, 5) is 6.70. The maximum Gasteiger partial charge on any atom is 0.0468 e. The van der Waals surface area contributed by atoms with E-state index >= 15 is 0 Å². The molecule has 0 bridgehead atoms. The Bertz CT molecular complexity index is 3370. The average molecular weight is 761 g/mol. The number of rotatable bonds is 5. The van der Waals surface area contributed by atoms with Crippen LogP contribution in [0.5, 0.6) is 0 Å². The third-order valence-corrected chi connectivity index (χ3v) is 14.0. The van der Waals surface area contributed by atoms with E-state index in [-0.39, 0.29) is 0 Å². The van der Waals surface area contributed by atoms with Gasteiger partial charge in [0, 0.05) is 86.0 Å². The van der Waals surface area contributed by atoms with Crippen LogP contribution in [0.2, 0.25) is 0 Å². The van der Waals surface area contributed by atoms with Gasteiger partial charge in [-0.1, -0.05) is 121 Å². The van der Waals surface area contributed by atoms with Gasteiger partial charge in [0.2, 0.25) is 0 Å². The molecular weight excluding hydrogens is 729 g/mol. The molecule has 0 aliphatic carbocycles. The smallest absolute Gasteiger partial charge is 0.0468 e. The number of hydrogen-bond acceptors (Lipinski definition) is 4. The van der Waals surface area contributed by atoms with Crippen molar-refractivity contribution in [3.63, 3.8) is 0 Å². The molecule has 0 saturated heterocycles. The van der Waals surface area contributed by atoms with Crippen LogP contribution in [0.3, 0.4) is 0 Å². The highest BCUT2D eigenvalue weighted by Gasteiger charge is 2.18. The first kappa shape index (κ1) is 32.4. The van der Waals surface area contributed by atoms with Gasteiger partial charge >= 0.3 is 0 Å². The molecule has 2 nitrogen and oxygen atoms in total. The fourth-order valence-electron chi connectivity index (χ4n) is 8.63. The van der Waals surface area contributed by atoms with Gasteiger partial charge in [-0.2, -0.15) is 0 Å². The van der Waals surface area contributed by atoms with E-state index in [2.05, 4.69) is 192 Å².